The first kappa shape index (κ1) is 31.2. The van der Waals surface area contributed by atoms with Gasteiger partial charge >= 0.3 is 0 Å². The van der Waals surface area contributed by atoms with Gasteiger partial charge in [0, 0.05) is 6.10 Å². The minimum Gasteiger partial charge on any atom is -0.414 e. The normalized spacial score (nSPS) is 17.4. The molecule has 0 saturated carbocycles. The van der Waals surface area contributed by atoms with Crippen LogP contribution < -0.4 is 0 Å². The number of rotatable bonds is 11. The summed E-state index contributed by atoms with van der Waals surface area (Å²) in [5.41, 5.74) is 3.02. The molecule has 0 aliphatic rings. The van der Waals surface area contributed by atoms with Crippen LogP contribution >= 0.6 is 0 Å². The highest BCUT2D eigenvalue weighted by atomic mass is 28.4. The Morgan fingerprint density at radius 2 is 1.22 bits per heavy atom. The third-order valence-electron chi connectivity index (χ3n) is 6.96. The largest absolute Gasteiger partial charge is 0.414 e. The van der Waals surface area contributed by atoms with Gasteiger partial charge in [-0.3, -0.25) is 4.79 Å². The van der Waals surface area contributed by atoms with E-state index in [2.05, 4.69) is 93.7 Å². The summed E-state index contributed by atoms with van der Waals surface area (Å²) in [4.78, 5) is 10.9. The molecule has 0 rings (SSSR count). The highest BCUT2D eigenvalue weighted by Gasteiger charge is 2.41. The molecule has 3 nitrogen and oxygen atoms in total. The Morgan fingerprint density at radius 1 is 0.781 bits per heavy atom. The van der Waals surface area contributed by atoms with Gasteiger partial charge in [-0.25, -0.2) is 0 Å². The molecule has 0 unspecified atom stereocenters. The van der Waals surface area contributed by atoms with Crippen molar-refractivity contribution in [2.45, 2.75) is 131 Å². The van der Waals surface area contributed by atoms with Crippen LogP contribution in [0.4, 0.5) is 0 Å². The second-order valence-electron chi connectivity index (χ2n) is 12.5. The van der Waals surface area contributed by atoms with Gasteiger partial charge in [-0.2, -0.15) is 0 Å². The molecule has 0 aromatic carbocycles. The lowest BCUT2D eigenvalue weighted by Gasteiger charge is -2.42. The molecular weight excluding hydrogens is 428 g/mol. The van der Waals surface area contributed by atoms with Crippen molar-refractivity contribution >= 4 is 22.9 Å². The minimum atomic E-state index is -1.90. The molecule has 0 amide bonds. The molecule has 186 valence electrons. The van der Waals surface area contributed by atoms with Crippen LogP contribution in [0.25, 0.3) is 0 Å². The summed E-state index contributed by atoms with van der Waals surface area (Å²) in [7, 11) is -3.72. The van der Waals surface area contributed by atoms with Crippen LogP contribution in [0, 0.1) is 0 Å². The number of carbonyl (C=O) groups is 1. The molecule has 0 aliphatic heterocycles. The molecule has 2 atom stereocenters. The fourth-order valence-electron chi connectivity index (χ4n) is 3.05. The Labute approximate surface area is 202 Å². The van der Waals surface area contributed by atoms with Crippen molar-refractivity contribution in [3.63, 3.8) is 0 Å². The van der Waals surface area contributed by atoms with E-state index in [1.54, 1.807) is 0 Å². The molecule has 0 heterocycles. The zero-order valence-corrected chi connectivity index (χ0v) is 25.6. The van der Waals surface area contributed by atoms with Crippen LogP contribution in [0.1, 0.15) is 82.1 Å². The molecule has 0 aromatic rings. The quantitative estimate of drug-likeness (QED) is 0.128. The van der Waals surface area contributed by atoms with Crippen molar-refractivity contribution in [3.05, 3.63) is 34.9 Å². The third kappa shape index (κ3) is 10.9. The number of allylic oxidation sites excluding steroid dienone is 5. The van der Waals surface area contributed by atoms with Gasteiger partial charge in [0.25, 0.3) is 0 Å². The summed E-state index contributed by atoms with van der Waals surface area (Å²) in [6.07, 6.45) is 9.27. The van der Waals surface area contributed by atoms with E-state index in [4.69, 9.17) is 8.85 Å². The predicted octanol–water partition coefficient (Wildman–Crippen LogP) is 8.61. The molecule has 0 fully saturated rings. The molecule has 5 heteroatoms. The van der Waals surface area contributed by atoms with E-state index in [0.717, 1.165) is 30.3 Å². The summed E-state index contributed by atoms with van der Waals surface area (Å²) in [6, 6.07) is 0. The van der Waals surface area contributed by atoms with Crippen LogP contribution in [-0.2, 0) is 13.6 Å². The topological polar surface area (TPSA) is 35.5 Å². The summed E-state index contributed by atoms with van der Waals surface area (Å²) in [6.45, 7) is 31.2. The fourth-order valence-corrected chi connectivity index (χ4v) is 5.89. The number of hydrogen-bond acceptors (Lipinski definition) is 3. The van der Waals surface area contributed by atoms with E-state index >= 15 is 0 Å². The molecule has 0 bridgehead atoms. The van der Waals surface area contributed by atoms with Gasteiger partial charge in [-0.05, 0) is 82.4 Å². The molecule has 0 N–H and O–H groups in total. The maximum absolute atomic E-state index is 10.9. The van der Waals surface area contributed by atoms with Gasteiger partial charge < -0.3 is 8.85 Å². The summed E-state index contributed by atoms with van der Waals surface area (Å²) in [5.74, 6) is 0. The van der Waals surface area contributed by atoms with Crippen molar-refractivity contribution in [1.29, 1.82) is 0 Å². The van der Waals surface area contributed by atoms with E-state index in [1.807, 2.05) is 19.9 Å². The Hall–Kier alpha value is -0.756. The standard InChI is InChI=1S/C27H52O3Si2/c1-21(17-22(2)18-23(3)20-28)15-16-25(30-32(13,14)27(8,9)10)19-24(4)29-31(11,12)26(5,6)7/h15,17-18,20,24-25H,16,19H2,1-14H3/b21-15+,22-17+,23-18+/t24-,25+/m0/s1. The van der Waals surface area contributed by atoms with E-state index in [-0.39, 0.29) is 22.3 Å². The summed E-state index contributed by atoms with van der Waals surface area (Å²) in [5, 5.41) is 0.365. The fraction of sp³-hybridized carbons (Fsp3) is 0.741. The Morgan fingerprint density at radius 3 is 1.66 bits per heavy atom. The first-order valence-corrected chi connectivity index (χ1v) is 17.9. The highest BCUT2D eigenvalue weighted by molar-refractivity contribution is 6.74. The van der Waals surface area contributed by atoms with Gasteiger partial charge in [-0.15, -0.1) is 0 Å². The van der Waals surface area contributed by atoms with E-state index < -0.39 is 16.6 Å². The zero-order valence-electron chi connectivity index (χ0n) is 23.6. The van der Waals surface area contributed by atoms with Crippen LogP contribution in [0.15, 0.2) is 34.9 Å². The van der Waals surface area contributed by atoms with Gasteiger partial charge in [0.1, 0.15) is 6.29 Å². The van der Waals surface area contributed by atoms with Gasteiger partial charge in [-0.1, -0.05) is 70.9 Å². The Kier molecular flexibility index (Phi) is 11.8. The first-order valence-electron chi connectivity index (χ1n) is 12.1. The molecule has 32 heavy (non-hydrogen) atoms. The van der Waals surface area contributed by atoms with E-state index in [9.17, 15) is 4.79 Å². The van der Waals surface area contributed by atoms with Crippen molar-refractivity contribution in [1.82, 2.24) is 0 Å². The van der Waals surface area contributed by atoms with Gasteiger partial charge in [0.15, 0.2) is 16.6 Å². The van der Waals surface area contributed by atoms with Crippen LogP contribution in [0.3, 0.4) is 0 Å². The third-order valence-corrected chi connectivity index (χ3v) is 16.1. The minimum absolute atomic E-state index is 0.131. The molecule has 0 aromatic heterocycles. The monoisotopic (exact) mass is 480 g/mol. The summed E-state index contributed by atoms with van der Waals surface area (Å²) < 4.78 is 13.5. The zero-order chi connectivity index (χ0) is 25.5. The molecule has 0 aliphatic carbocycles. The average Bonchev–Trinajstić information content (AvgIpc) is 2.56. The lowest BCUT2D eigenvalue weighted by molar-refractivity contribution is -0.104. The van der Waals surface area contributed by atoms with Crippen molar-refractivity contribution in [2.24, 2.45) is 0 Å². The summed E-state index contributed by atoms with van der Waals surface area (Å²) >= 11 is 0. The van der Waals surface area contributed by atoms with Crippen molar-refractivity contribution in [3.8, 4) is 0 Å². The lowest BCUT2D eigenvalue weighted by Crippen LogP contribution is -2.46. The van der Waals surface area contributed by atoms with Crippen molar-refractivity contribution < 1.29 is 13.6 Å². The van der Waals surface area contributed by atoms with Crippen LogP contribution in [0.2, 0.25) is 36.3 Å². The Bertz CT molecular complexity index is 701. The maximum atomic E-state index is 10.9. The second-order valence-corrected chi connectivity index (χ2v) is 22.0. The highest BCUT2D eigenvalue weighted by Crippen LogP contribution is 2.40. The smallest absolute Gasteiger partial charge is 0.192 e. The van der Waals surface area contributed by atoms with Crippen LogP contribution in [-0.4, -0.2) is 35.1 Å². The average molecular weight is 481 g/mol. The van der Waals surface area contributed by atoms with Crippen LogP contribution in [0.5, 0.6) is 0 Å². The Balaban J connectivity index is 5.63. The lowest BCUT2D eigenvalue weighted by atomic mass is 10.1. The molecule has 0 radical (unpaired) electrons. The number of carbonyl (C=O) groups excluding carboxylic acids is 1. The van der Waals surface area contributed by atoms with E-state index in [0.29, 0.717) is 0 Å². The van der Waals surface area contributed by atoms with Gasteiger partial charge in [0.2, 0.25) is 0 Å². The number of hydrogen-bond donors (Lipinski definition) is 0. The SMILES string of the molecule is C\C(C=O)=C/C(C)=C/C(C)=C/C[C@H](C[C@H](C)O[Si](C)(C)C(C)(C)C)O[Si](C)(C)C(C)(C)C. The number of aldehydes is 1. The van der Waals surface area contributed by atoms with Crippen molar-refractivity contribution in [2.75, 3.05) is 0 Å². The predicted molar refractivity (Wildman–Crippen MR) is 146 cm³/mol. The van der Waals surface area contributed by atoms with Gasteiger partial charge in [0.05, 0.1) is 6.10 Å². The molecular formula is C27H52O3Si2. The van der Waals surface area contributed by atoms with E-state index in [1.165, 1.54) is 5.57 Å². The second kappa shape index (κ2) is 12.1. The maximum Gasteiger partial charge on any atom is 0.192 e. The molecule has 0 spiro atoms. The molecule has 0 saturated heterocycles. The first-order chi connectivity index (χ1) is 14.2.